The molecular weight excluding hydrogens is 476 g/mol. The van der Waals surface area contributed by atoms with Gasteiger partial charge in [-0.3, -0.25) is 10.1 Å². The van der Waals surface area contributed by atoms with Crippen molar-refractivity contribution in [2.24, 2.45) is 5.92 Å². The summed E-state index contributed by atoms with van der Waals surface area (Å²) in [4.78, 5) is 30.9. The Morgan fingerprint density at radius 1 is 0.921 bits per heavy atom. The molecule has 0 unspecified atom stereocenters. The van der Waals surface area contributed by atoms with Crippen molar-refractivity contribution >= 4 is 45.0 Å². The molecule has 0 radical (unpaired) electrons. The average molecular weight is 511 g/mol. The first-order valence-corrected chi connectivity index (χ1v) is 13.1. The Hall–Kier alpha value is -4.10. The molecule has 38 heavy (non-hydrogen) atoms. The predicted molar refractivity (Wildman–Crippen MR) is 152 cm³/mol. The van der Waals surface area contributed by atoms with E-state index in [2.05, 4.69) is 19.2 Å². The van der Waals surface area contributed by atoms with Crippen LogP contribution in [0.4, 0.5) is 21.0 Å². The second kappa shape index (κ2) is 9.99. The molecule has 1 atom stereocenters. The molecule has 0 spiro atoms. The fraction of sp³-hybridized carbons (Fsp3) is 0.290. The molecule has 7 heteroatoms. The van der Waals surface area contributed by atoms with Crippen LogP contribution in [0.15, 0.2) is 84.9 Å². The van der Waals surface area contributed by atoms with Gasteiger partial charge in [-0.15, -0.1) is 0 Å². The summed E-state index contributed by atoms with van der Waals surface area (Å²) in [6, 6.07) is 26.0. The number of nitrogens with one attached hydrogen (secondary N) is 1. The van der Waals surface area contributed by atoms with Crippen molar-refractivity contribution in [3.8, 4) is 0 Å². The summed E-state index contributed by atoms with van der Waals surface area (Å²) in [5.41, 5.74) is 0.353. The van der Waals surface area contributed by atoms with Crippen molar-refractivity contribution in [3.05, 3.63) is 84.9 Å². The van der Waals surface area contributed by atoms with Crippen LogP contribution in [0.25, 0.3) is 21.5 Å². The molecule has 1 aliphatic rings. The Balaban J connectivity index is 1.56. The van der Waals surface area contributed by atoms with E-state index in [4.69, 9.17) is 0 Å². The molecule has 7 nitrogen and oxygen atoms in total. The Morgan fingerprint density at radius 3 is 2.18 bits per heavy atom. The third-order valence-corrected chi connectivity index (χ3v) is 7.44. The van der Waals surface area contributed by atoms with Crippen molar-refractivity contribution in [1.29, 1.82) is 0 Å². The monoisotopic (exact) mass is 510 g/mol. The molecule has 1 fully saturated rings. The lowest BCUT2D eigenvalue weighted by atomic mass is 9.98. The minimum Gasteiger partial charge on any atom is -0.315 e. The number of amides is 4. The highest BCUT2D eigenvalue weighted by atomic mass is 16.5. The minimum atomic E-state index is -0.969. The van der Waals surface area contributed by atoms with Crippen LogP contribution in [0.1, 0.15) is 34.1 Å². The standard InChI is InChI=1S/C31H34N4O3/c1-21(2)19-20-33-30(37)34(27-18-10-14-23-12-6-8-16-25(23)27)28(31(33,3)4)35(38)29(36)32-26-17-9-13-22-11-5-7-15-24(22)26/h5-18,21,28,38H,19-20H2,1-4H3,(H,32,36)/t28-/m1/s1. The molecule has 1 heterocycles. The summed E-state index contributed by atoms with van der Waals surface area (Å²) < 4.78 is 0. The molecule has 4 amide bonds. The molecule has 4 aromatic rings. The van der Waals surface area contributed by atoms with Gasteiger partial charge in [0.15, 0.2) is 6.17 Å². The second-order valence-corrected chi connectivity index (χ2v) is 10.8. The SMILES string of the molecule is CC(C)CCN1C(=O)N(c2cccc3ccccc23)[C@H](N(O)C(=O)Nc2cccc3ccccc23)C1(C)C. The number of carbonyl (C=O) groups excluding carboxylic acids is 2. The highest BCUT2D eigenvalue weighted by Crippen LogP contribution is 2.41. The number of urea groups is 2. The molecule has 5 rings (SSSR count). The van der Waals surface area contributed by atoms with E-state index in [9.17, 15) is 14.8 Å². The number of benzene rings is 4. The highest BCUT2D eigenvalue weighted by molar-refractivity contribution is 6.06. The average Bonchev–Trinajstić information content (AvgIpc) is 3.10. The first-order valence-electron chi connectivity index (χ1n) is 13.1. The van der Waals surface area contributed by atoms with Crippen LogP contribution in [0.5, 0.6) is 0 Å². The molecule has 1 aliphatic heterocycles. The zero-order chi connectivity index (χ0) is 27.0. The van der Waals surface area contributed by atoms with Crippen LogP contribution < -0.4 is 10.2 Å². The van der Waals surface area contributed by atoms with Crippen LogP contribution in [0, 0.1) is 5.92 Å². The van der Waals surface area contributed by atoms with Crippen molar-refractivity contribution in [2.45, 2.75) is 45.8 Å². The van der Waals surface area contributed by atoms with Crippen LogP contribution in [-0.4, -0.2) is 45.5 Å². The van der Waals surface area contributed by atoms with Crippen LogP contribution in [0.3, 0.4) is 0 Å². The van der Waals surface area contributed by atoms with Gasteiger partial charge in [-0.1, -0.05) is 86.6 Å². The molecule has 2 N–H and O–H groups in total. The van der Waals surface area contributed by atoms with Gasteiger partial charge < -0.3 is 10.2 Å². The number of fused-ring (bicyclic) bond motifs is 2. The number of hydroxylamine groups is 2. The Bertz CT molecular complexity index is 1490. The molecule has 0 aliphatic carbocycles. The van der Waals surface area contributed by atoms with Crippen LogP contribution in [0.2, 0.25) is 0 Å². The maximum atomic E-state index is 14.0. The number of rotatable bonds is 6. The third-order valence-electron chi connectivity index (χ3n) is 7.44. The van der Waals surface area contributed by atoms with Crippen LogP contribution >= 0.6 is 0 Å². The van der Waals surface area contributed by atoms with Crippen molar-refractivity contribution < 1.29 is 14.8 Å². The van der Waals surface area contributed by atoms with Gasteiger partial charge in [-0.25, -0.2) is 9.59 Å². The fourth-order valence-electron chi connectivity index (χ4n) is 5.39. The molecule has 0 saturated carbocycles. The summed E-state index contributed by atoms with van der Waals surface area (Å²) in [7, 11) is 0. The lowest BCUT2D eigenvalue weighted by Crippen LogP contribution is -2.58. The second-order valence-electron chi connectivity index (χ2n) is 10.8. The smallest absolute Gasteiger partial charge is 0.315 e. The van der Waals surface area contributed by atoms with Gasteiger partial charge in [0, 0.05) is 17.3 Å². The molecule has 196 valence electrons. The summed E-state index contributed by atoms with van der Waals surface area (Å²) in [6.07, 6.45) is -0.165. The van der Waals surface area contributed by atoms with E-state index in [0.29, 0.717) is 28.9 Å². The topological polar surface area (TPSA) is 76.1 Å². The van der Waals surface area contributed by atoms with E-state index >= 15 is 0 Å². The zero-order valence-electron chi connectivity index (χ0n) is 22.3. The normalized spacial score (nSPS) is 17.0. The van der Waals surface area contributed by atoms with Gasteiger partial charge in [-0.2, -0.15) is 5.06 Å². The summed E-state index contributed by atoms with van der Waals surface area (Å²) in [5.74, 6) is 0.392. The van der Waals surface area contributed by atoms with E-state index in [1.165, 1.54) is 0 Å². The minimum absolute atomic E-state index is 0.242. The van der Waals surface area contributed by atoms with Gasteiger partial charge in [0.1, 0.15) is 0 Å². The van der Waals surface area contributed by atoms with E-state index < -0.39 is 17.7 Å². The quantitative estimate of drug-likeness (QED) is 0.211. The number of anilines is 2. The van der Waals surface area contributed by atoms with Crippen LogP contribution in [-0.2, 0) is 0 Å². The van der Waals surface area contributed by atoms with E-state index in [-0.39, 0.29) is 6.03 Å². The molecule has 1 saturated heterocycles. The molecule has 0 aromatic heterocycles. The number of carbonyl (C=O) groups is 2. The zero-order valence-corrected chi connectivity index (χ0v) is 22.3. The highest BCUT2D eigenvalue weighted by Gasteiger charge is 2.56. The van der Waals surface area contributed by atoms with Crippen molar-refractivity contribution in [3.63, 3.8) is 0 Å². The predicted octanol–water partition coefficient (Wildman–Crippen LogP) is 7.31. The maximum Gasteiger partial charge on any atom is 0.347 e. The molecule has 0 bridgehead atoms. The third kappa shape index (κ3) is 4.43. The van der Waals surface area contributed by atoms with E-state index in [0.717, 1.165) is 28.0 Å². The number of hydrogen-bond donors (Lipinski definition) is 2. The summed E-state index contributed by atoms with van der Waals surface area (Å²) in [5, 5.41) is 18.7. The maximum absolute atomic E-state index is 14.0. The van der Waals surface area contributed by atoms with Gasteiger partial charge in [0.2, 0.25) is 0 Å². The Labute approximate surface area is 223 Å². The molecule has 4 aromatic carbocycles. The van der Waals surface area contributed by atoms with Crippen molar-refractivity contribution in [2.75, 3.05) is 16.8 Å². The fourth-order valence-corrected chi connectivity index (χ4v) is 5.39. The first kappa shape index (κ1) is 25.5. The van der Waals surface area contributed by atoms with Gasteiger partial charge in [0.05, 0.1) is 16.9 Å². The lowest BCUT2D eigenvalue weighted by Gasteiger charge is -2.38. The number of hydrogen-bond acceptors (Lipinski definition) is 3. The Morgan fingerprint density at radius 2 is 1.50 bits per heavy atom. The van der Waals surface area contributed by atoms with Gasteiger partial charge >= 0.3 is 12.1 Å². The van der Waals surface area contributed by atoms with Gasteiger partial charge in [-0.05, 0) is 49.1 Å². The first-order chi connectivity index (χ1) is 18.2. The van der Waals surface area contributed by atoms with E-state index in [1.807, 2.05) is 92.7 Å². The Kier molecular flexibility index (Phi) is 6.71. The number of nitrogens with zero attached hydrogens (tertiary/aromatic N) is 3. The summed E-state index contributed by atoms with van der Waals surface area (Å²) in [6.45, 7) is 8.54. The van der Waals surface area contributed by atoms with E-state index in [1.54, 1.807) is 15.9 Å². The largest absolute Gasteiger partial charge is 0.347 e. The molecular formula is C31H34N4O3. The lowest BCUT2D eigenvalue weighted by molar-refractivity contribution is -0.0949. The van der Waals surface area contributed by atoms with Gasteiger partial charge in [0.25, 0.3) is 0 Å². The van der Waals surface area contributed by atoms with Crippen molar-refractivity contribution in [1.82, 2.24) is 9.96 Å². The summed E-state index contributed by atoms with van der Waals surface area (Å²) >= 11 is 0.